The molecule has 0 aliphatic carbocycles. The molecule has 28 heavy (non-hydrogen) atoms. The highest BCUT2D eigenvalue weighted by Crippen LogP contribution is 2.35. The van der Waals surface area contributed by atoms with Crippen LogP contribution in [0.15, 0.2) is 35.7 Å². The fraction of sp³-hybridized carbons (Fsp3) is 0.294. The van der Waals surface area contributed by atoms with Gasteiger partial charge in [-0.05, 0) is 41.3 Å². The van der Waals surface area contributed by atoms with Crippen molar-refractivity contribution in [1.29, 1.82) is 0 Å². The molecule has 1 N–H and O–H groups in total. The fourth-order valence-electron chi connectivity index (χ4n) is 2.27. The maximum absolute atomic E-state index is 13.0. The summed E-state index contributed by atoms with van der Waals surface area (Å²) >= 11 is 1.42. The minimum absolute atomic E-state index is 0.0631. The van der Waals surface area contributed by atoms with Crippen molar-refractivity contribution in [1.82, 2.24) is 20.2 Å². The van der Waals surface area contributed by atoms with Gasteiger partial charge in [-0.2, -0.15) is 18.0 Å². The summed E-state index contributed by atoms with van der Waals surface area (Å²) in [5.41, 5.74) is -0.947. The molecule has 3 aromatic rings. The topological polar surface area (TPSA) is 81.9 Å². The highest BCUT2D eigenvalue weighted by molar-refractivity contribution is 7.13. The summed E-state index contributed by atoms with van der Waals surface area (Å²) in [6, 6.07) is 6.59. The number of hydrogen-bond acceptors (Lipinski definition) is 6. The van der Waals surface area contributed by atoms with Gasteiger partial charge in [0.1, 0.15) is 12.3 Å². The highest BCUT2D eigenvalue weighted by Gasteiger charge is 2.31. The lowest BCUT2D eigenvalue weighted by Crippen LogP contribution is -2.21. The zero-order valence-corrected chi connectivity index (χ0v) is 15.5. The second kappa shape index (κ2) is 8.38. The Labute approximate surface area is 162 Å². The first-order valence-corrected chi connectivity index (χ1v) is 9.20. The van der Waals surface area contributed by atoms with E-state index in [4.69, 9.17) is 4.74 Å². The molecule has 0 fully saturated rings. The zero-order chi connectivity index (χ0) is 20.1. The van der Waals surface area contributed by atoms with E-state index >= 15 is 0 Å². The van der Waals surface area contributed by atoms with E-state index in [2.05, 4.69) is 20.7 Å². The van der Waals surface area contributed by atoms with Crippen LogP contribution in [0.25, 0.3) is 10.7 Å². The molecule has 2 heterocycles. The molecule has 0 saturated carbocycles. The molecule has 0 radical (unpaired) electrons. The first kappa shape index (κ1) is 19.8. The number of hydrogen-bond donors (Lipinski definition) is 1. The van der Waals surface area contributed by atoms with Gasteiger partial charge in [-0.3, -0.25) is 4.79 Å². The van der Waals surface area contributed by atoms with Gasteiger partial charge in [0.15, 0.2) is 0 Å². The van der Waals surface area contributed by atoms with Crippen molar-refractivity contribution in [2.75, 3.05) is 11.9 Å². The van der Waals surface area contributed by atoms with Gasteiger partial charge in [0, 0.05) is 0 Å². The molecule has 0 unspecified atom stereocenters. The molecule has 1 amide bonds. The number of benzene rings is 1. The van der Waals surface area contributed by atoms with Crippen molar-refractivity contribution in [3.8, 4) is 16.5 Å². The average molecular weight is 411 g/mol. The Hall–Kier alpha value is -2.95. The Morgan fingerprint density at radius 3 is 2.82 bits per heavy atom. The number of carbonyl (C=O) groups excluding carboxylic acids is 1. The van der Waals surface area contributed by atoms with Crippen LogP contribution >= 0.6 is 11.3 Å². The van der Waals surface area contributed by atoms with Crippen molar-refractivity contribution in [2.45, 2.75) is 26.1 Å². The van der Waals surface area contributed by atoms with Crippen molar-refractivity contribution in [2.24, 2.45) is 0 Å². The molecular formula is C17H16F3N5O2S. The summed E-state index contributed by atoms with van der Waals surface area (Å²) in [6.45, 7) is 1.87. The Morgan fingerprint density at radius 2 is 2.14 bits per heavy atom. The molecule has 11 heteroatoms. The number of thiophene rings is 1. The van der Waals surface area contributed by atoms with Gasteiger partial charge in [-0.1, -0.05) is 13.0 Å². The van der Waals surface area contributed by atoms with Crippen LogP contribution in [0.1, 0.15) is 18.9 Å². The summed E-state index contributed by atoms with van der Waals surface area (Å²) in [5, 5.41) is 16.0. The van der Waals surface area contributed by atoms with Crippen molar-refractivity contribution in [3.63, 3.8) is 0 Å². The molecule has 0 aliphatic heterocycles. The molecule has 0 saturated heterocycles. The first-order valence-electron chi connectivity index (χ1n) is 8.32. The van der Waals surface area contributed by atoms with E-state index in [1.807, 2.05) is 24.4 Å². The van der Waals surface area contributed by atoms with E-state index in [1.165, 1.54) is 17.4 Å². The number of aromatic nitrogens is 4. The number of ether oxygens (including phenoxy) is 1. The number of halogens is 3. The molecule has 0 spiro atoms. The normalized spacial score (nSPS) is 11.4. The van der Waals surface area contributed by atoms with Gasteiger partial charge in [0.25, 0.3) is 0 Å². The van der Waals surface area contributed by atoms with E-state index in [-0.39, 0.29) is 18.0 Å². The number of carbonyl (C=O) groups is 1. The predicted octanol–water partition coefficient (Wildman–Crippen LogP) is 3.85. The Kier molecular flexibility index (Phi) is 5.93. The van der Waals surface area contributed by atoms with Crippen LogP contribution < -0.4 is 10.1 Å². The molecule has 3 rings (SSSR count). The number of amides is 1. The van der Waals surface area contributed by atoms with Crippen LogP contribution in [0, 0.1) is 0 Å². The van der Waals surface area contributed by atoms with Crippen LogP contribution in [0.3, 0.4) is 0 Å². The van der Waals surface area contributed by atoms with Crippen LogP contribution in [0.2, 0.25) is 0 Å². The lowest BCUT2D eigenvalue weighted by Gasteiger charge is -2.15. The predicted molar refractivity (Wildman–Crippen MR) is 97.0 cm³/mol. The van der Waals surface area contributed by atoms with E-state index in [0.717, 1.165) is 21.8 Å². The second-order valence-electron chi connectivity index (χ2n) is 5.73. The summed E-state index contributed by atoms with van der Waals surface area (Å²) in [6.07, 6.45) is -3.87. The lowest BCUT2D eigenvalue weighted by molar-refractivity contribution is -0.137. The van der Waals surface area contributed by atoms with Crippen LogP contribution in [-0.4, -0.2) is 32.7 Å². The molecule has 148 valence electrons. The third-order valence-corrected chi connectivity index (χ3v) is 4.39. The maximum atomic E-state index is 13.0. The third kappa shape index (κ3) is 4.85. The number of alkyl halides is 3. The molecule has 7 nitrogen and oxygen atoms in total. The summed E-state index contributed by atoms with van der Waals surface area (Å²) < 4.78 is 44.4. The summed E-state index contributed by atoms with van der Waals surface area (Å²) in [5.74, 6) is -0.0707. The van der Waals surface area contributed by atoms with E-state index < -0.39 is 17.6 Å². The molecule has 0 bridgehead atoms. The Morgan fingerprint density at radius 1 is 1.32 bits per heavy atom. The van der Waals surface area contributed by atoms with Crippen molar-refractivity contribution in [3.05, 3.63) is 41.3 Å². The third-order valence-electron chi connectivity index (χ3n) is 3.52. The molecular weight excluding hydrogens is 395 g/mol. The number of anilines is 1. The van der Waals surface area contributed by atoms with Gasteiger partial charge in [-0.15, -0.1) is 21.5 Å². The summed E-state index contributed by atoms with van der Waals surface area (Å²) in [4.78, 5) is 14.2. The number of nitrogens with zero attached hydrogens (tertiary/aromatic N) is 4. The minimum atomic E-state index is -4.54. The van der Waals surface area contributed by atoms with Crippen molar-refractivity contribution < 1.29 is 22.7 Å². The monoisotopic (exact) mass is 411 g/mol. The van der Waals surface area contributed by atoms with Crippen LogP contribution in [0.5, 0.6) is 5.75 Å². The highest BCUT2D eigenvalue weighted by atomic mass is 32.1. The molecule has 0 aliphatic rings. The minimum Gasteiger partial charge on any atom is -0.491 e. The SMILES string of the molecule is CCCOc1ccc(C(F)(F)F)cc1NC(=O)Cn1nnc(-c2cccs2)n1. The van der Waals surface area contributed by atoms with E-state index in [9.17, 15) is 18.0 Å². The fourth-order valence-corrected chi connectivity index (χ4v) is 2.92. The first-order chi connectivity index (χ1) is 13.4. The van der Waals surface area contributed by atoms with Gasteiger partial charge in [0.2, 0.25) is 11.7 Å². The standard InChI is InChI=1S/C17H16F3N5O2S/c1-2-7-27-13-6-5-11(17(18,19)20)9-12(13)21-15(26)10-25-23-16(22-24-25)14-4-3-8-28-14/h3-6,8-9H,2,7,10H2,1H3,(H,21,26). The Balaban J connectivity index is 1.74. The van der Waals surface area contributed by atoms with Gasteiger partial charge < -0.3 is 10.1 Å². The van der Waals surface area contributed by atoms with Gasteiger partial charge >= 0.3 is 6.18 Å². The Bertz CT molecular complexity index is 941. The number of nitrogens with one attached hydrogen (secondary N) is 1. The second-order valence-corrected chi connectivity index (χ2v) is 6.67. The van der Waals surface area contributed by atoms with Gasteiger partial charge in [0.05, 0.1) is 22.7 Å². The number of rotatable bonds is 7. The van der Waals surface area contributed by atoms with Crippen LogP contribution in [0.4, 0.5) is 18.9 Å². The average Bonchev–Trinajstić information content (AvgIpc) is 3.31. The number of tetrazole rings is 1. The lowest BCUT2D eigenvalue weighted by atomic mass is 10.1. The quantitative estimate of drug-likeness (QED) is 0.639. The smallest absolute Gasteiger partial charge is 0.416 e. The van der Waals surface area contributed by atoms with Crippen molar-refractivity contribution >= 4 is 22.9 Å². The largest absolute Gasteiger partial charge is 0.491 e. The van der Waals surface area contributed by atoms with Crippen LogP contribution in [-0.2, 0) is 17.5 Å². The van der Waals surface area contributed by atoms with E-state index in [1.54, 1.807) is 0 Å². The zero-order valence-electron chi connectivity index (χ0n) is 14.7. The van der Waals surface area contributed by atoms with E-state index in [0.29, 0.717) is 18.9 Å². The van der Waals surface area contributed by atoms with Gasteiger partial charge in [-0.25, -0.2) is 0 Å². The summed E-state index contributed by atoms with van der Waals surface area (Å²) in [7, 11) is 0. The molecule has 1 aromatic carbocycles. The maximum Gasteiger partial charge on any atom is 0.416 e. The molecule has 2 aromatic heterocycles. The molecule has 0 atom stereocenters.